The van der Waals surface area contributed by atoms with Crippen LogP contribution in [0, 0.1) is 0 Å². The van der Waals surface area contributed by atoms with Crippen molar-refractivity contribution in [1.82, 2.24) is 39.0 Å². The maximum atomic E-state index is 13.3. The molecule has 3 aliphatic rings. The van der Waals surface area contributed by atoms with Crippen LogP contribution in [0.15, 0.2) is 35.7 Å². The average Bonchev–Trinajstić information content (AvgIpc) is 3.72. The number of nitrogens with one attached hydrogen (secondary N) is 1. The van der Waals surface area contributed by atoms with Gasteiger partial charge in [0.1, 0.15) is 42.4 Å². The number of hydrogen-bond acceptors (Lipinski definition) is 17. The number of anilines is 2. The van der Waals surface area contributed by atoms with Crippen molar-refractivity contribution in [2.24, 2.45) is 5.73 Å². The molecule has 0 bridgehead atoms. The summed E-state index contributed by atoms with van der Waals surface area (Å²) in [5, 5.41) is 11.2. The van der Waals surface area contributed by atoms with Gasteiger partial charge in [-0.25, -0.2) is 24.5 Å². The van der Waals surface area contributed by atoms with Crippen LogP contribution in [0.1, 0.15) is 12.5 Å². The van der Waals surface area contributed by atoms with Crippen molar-refractivity contribution in [3.8, 4) is 0 Å². The highest BCUT2D eigenvalue weighted by molar-refractivity contribution is 7.56. The number of aromatic amines is 1. The Bertz CT molecular complexity index is 1980. The standard InChI is InChI=1S/C21H25N11O11P2/c22-9-13-8(41-19(9)31-5-27-10-15(23)25-4-26-16(10)31)3-39-45(37,38)43-14-7(1-2-44(35,36)42-13)40-20(12(14)33)32-6-28-11-17(32)29-21(24)30-18(11)34/h1-2,4-9,12-14,19-20,33H,3,22H2,(H,35,36)(H,37,38)(H2,23,25,26)(H3,24,29,30,34)/b2-1-/t7-,8-,9-,12-,13-,14-,19-,20-/m1/s1. The number of ether oxygens (including phenoxy) is 2. The quantitative estimate of drug-likeness (QED) is 0.116. The van der Waals surface area contributed by atoms with Crippen LogP contribution in [0.5, 0.6) is 0 Å². The van der Waals surface area contributed by atoms with Crippen molar-refractivity contribution < 1.29 is 47.1 Å². The molecule has 0 aromatic carbocycles. The summed E-state index contributed by atoms with van der Waals surface area (Å²) in [7, 11) is -9.64. The number of nitrogens with zero attached hydrogens (tertiary/aromatic N) is 7. The third kappa shape index (κ3) is 5.24. The van der Waals surface area contributed by atoms with Crippen molar-refractivity contribution in [2.45, 2.75) is 49.0 Å². The Morgan fingerprint density at radius 2 is 1.69 bits per heavy atom. The number of fused-ring (bicyclic) bond motifs is 4. The maximum absolute atomic E-state index is 13.3. The fraction of sp³-hybridized carbons (Fsp3) is 0.429. The van der Waals surface area contributed by atoms with Gasteiger partial charge in [-0.05, 0) is 6.08 Å². The lowest BCUT2D eigenvalue weighted by Crippen LogP contribution is -2.41. The fourth-order valence-electron chi connectivity index (χ4n) is 5.40. The van der Waals surface area contributed by atoms with Crippen molar-refractivity contribution in [1.29, 1.82) is 0 Å². The second kappa shape index (κ2) is 10.7. The molecule has 0 spiro atoms. The lowest BCUT2D eigenvalue weighted by Gasteiger charge is -2.26. The number of imidazole rings is 2. The molecule has 22 nitrogen and oxygen atoms in total. The predicted molar refractivity (Wildman–Crippen MR) is 149 cm³/mol. The Hall–Kier alpha value is -3.66. The fourth-order valence-corrected chi connectivity index (χ4v) is 7.44. The van der Waals surface area contributed by atoms with Crippen LogP contribution in [0.4, 0.5) is 11.8 Å². The van der Waals surface area contributed by atoms with Crippen LogP contribution in [0.2, 0.25) is 0 Å². The first-order chi connectivity index (χ1) is 21.3. The van der Waals surface area contributed by atoms with Crippen molar-refractivity contribution in [3.05, 3.63) is 41.2 Å². The Balaban J connectivity index is 1.20. The van der Waals surface area contributed by atoms with Crippen molar-refractivity contribution in [2.75, 3.05) is 18.1 Å². The Morgan fingerprint density at radius 1 is 0.956 bits per heavy atom. The summed E-state index contributed by atoms with van der Waals surface area (Å²) in [6, 6.07) is -1.15. The number of hydrogen-bond donors (Lipinski definition) is 7. The highest BCUT2D eigenvalue weighted by Gasteiger charge is 2.52. The van der Waals surface area contributed by atoms with Crippen LogP contribution in [-0.4, -0.2) is 97.1 Å². The number of H-pyrrole nitrogens is 1. The number of aliphatic hydroxyl groups excluding tert-OH is 1. The van der Waals surface area contributed by atoms with Gasteiger partial charge in [0, 0.05) is 5.82 Å². The van der Waals surface area contributed by atoms with Crippen LogP contribution < -0.4 is 22.8 Å². The van der Waals surface area contributed by atoms with E-state index < -0.39 is 76.6 Å². The molecule has 2 saturated heterocycles. The van der Waals surface area contributed by atoms with Crippen molar-refractivity contribution in [3.63, 3.8) is 0 Å². The van der Waals surface area contributed by atoms with Crippen LogP contribution in [0.25, 0.3) is 22.3 Å². The molecule has 10 atom stereocenters. The van der Waals surface area contributed by atoms with E-state index in [2.05, 4.69) is 29.9 Å². The third-order valence-corrected chi connectivity index (χ3v) is 9.50. The third-order valence-electron chi connectivity index (χ3n) is 7.42. The van der Waals surface area contributed by atoms with Gasteiger partial charge in [0.15, 0.2) is 35.1 Å². The Morgan fingerprint density at radius 3 is 2.47 bits per heavy atom. The molecule has 4 aromatic heterocycles. The predicted octanol–water partition coefficient (Wildman–Crippen LogP) is -1.79. The topological polar surface area (TPSA) is 326 Å². The zero-order valence-corrected chi connectivity index (χ0v) is 24.4. The van der Waals surface area contributed by atoms with E-state index in [1.807, 2.05) is 0 Å². The zero-order chi connectivity index (χ0) is 31.8. The van der Waals surface area contributed by atoms with Crippen LogP contribution in [0.3, 0.4) is 0 Å². The van der Waals surface area contributed by atoms with Gasteiger partial charge in [-0.1, -0.05) is 0 Å². The van der Waals surface area contributed by atoms with E-state index in [1.165, 1.54) is 17.2 Å². The molecule has 7 rings (SSSR count). The van der Waals surface area contributed by atoms with Gasteiger partial charge in [-0.15, -0.1) is 0 Å². The Labute approximate surface area is 249 Å². The second-order valence-corrected chi connectivity index (χ2v) is 13.3. The highest BCUT2D eigenvalue weighted by atomic mass is 31.2. The molecule has 4 aromatic rings. The molecule has 24 heteroatoms. The molecule has 45 heavy (non-hydrogen) atoms. The van der Waals surface area contributed by atoms with Crippen molar-refractivity contribution >= 4 is 49.5 Å². The summed E-state index contributed by atoms with van der Waals surface area (Å²) in [4.78, 5) is 56.1. The van der Waals surface area contributed by atoms with Gasteiger partial charge in [0.2, 0.25) is 5.95 Å². The number of phosphoric acid groups is 1. The van der Waals surface area contributed by atoms with Crippen LogP contribution in [-0.2, 0) is 32.2 Å². The molecule has 2 unspecified atom stereocenters. The minimum atomic E-state index is -4.99. The molecule has 240 valence electrons. The molecular weight excluding hydrogens is 644 g/mol. The minimum Gasteiger partial charge on any atom is -0.386 e. The summed E-state index contributed by atoms with van der Waals surface area (Å²) in [6.45, 7) is -0.702. The number of phosphoric ester groups is 1. The molecule has 0 radical (unpaired) electrons. The summed E-state index contributed by atoms with van der Waals surface area (Å²) < 4.78 is 56.8. The van der Waals surface area contributed by atoms with Gasteiger partial charge in [-0.3, -0.25) is 37.0 Å². The van der Waals surface area contributed by atoms with E-state index in [4.69, 9.17) is 40.2 Å². The van der Waals surface area contributed by atoms with E-state index in [-0.39, 0.29) is 34.1 Å². The van der Waals surface area contributed by atoms with E-state index in [0.717, 1.165) is 22.8 Å². The van der Waals surface area contributed by atoms with Crippen LogP contribution >= 0.6 is 15.4 Å². The van der Waals surface area contributed by atoms with Gasteiger partial charge >= 0.3 is 15.4 Å². The van der Waals surface area contributed by atoms with E-state index in [0.29, 0.717) is 0 Å². The summed E-state index contributed by atoms with van der Waals surface area (Å²) >= 11 is 0. The minimum absolute atomic E-state index is 0.0745. The molecule has 2 fully saturated rings. The first-order valence-corrected chi connectivity index (χ1v) is 16.2. The summed E-state index contributed by atoms with van der Waals surface area (Å²) in [5.41, 5.74) is 17.5. The molecule has 0 aliphatic carbocycles. The average molecular weight is 669 g/mol. The zero-order valence-electron chi connectivity index (χ0n) is 22.6. The lowest BCUT2D eigenvalue weighted by atomic mass is 10.1. The molecule has 0 amide bonds. The van der Waals surface area contributed by atoms with Gasteiger partial charge in [-0.2, -0.15) is 4.98 Å². The van der Waals surface area contributed by atoms with Gasteiger partial charge < -0.3 is 41.6 Å². The van der Waals surface area contributed by atoms with Gasteiger partial charge in [0.05, 0.1) is 25.3 Å². The van der Waals surface area contributed by atoms with E-state index in [1.54, 1.807) is 0 Å². The lowest BCUT2D eigenvalue weighted by molar-refractivity contribution is -0.0473. The smallest absolute Gasteiger partial charge is 0.386 e. The molecule has 7 heterocycles. The monoisotopic (exact) mass is 669 g/mol. The molecule has 3 aliphatic heterocycles. The first kappa shape index (κ1) is 30.0. The molecule has 10 N–H and O–H groups in total. The largest absolute Gasteiger partial charge is 0.472 e. The SMILES string of the molecule is Nc1nc2c(ncn2[C@@H]2O[C@@H]3/C=C\P(=O)(O)O[C@H]4[C@@H](N)[C@H](n5cnc6c(N)ncnc65)O[C@@H]4COP(=O)(O)O[C@H]3[C@H]2O)c(=O)[nH]1. The van der Waals surface area contributed by atoms with Gasteiger partial charge in [0.25, 0.3) is 5.56 Å². The maximum Gasteiger partial charge on any atom is 0.472 e. The number of aliphatic hydroxyl groups is 1. The number of rotatable bonds is 2. The summed E-state index contributed by atoms with van der Waals surface area (Å²) in [5.74, 6) is 0.605. The number of aromatic nitrogens is 8. The Kier molecular flexibility index (Phi) is 7.15. The molecular formula is C21H25N11O11P2. The summed E-state index contributed by atoms with van der Waals surface area (Å²) in [6.07, 6.45) is -5.26. The highest BCUT2D eigenvalue weighted by Crippen LogP contribution is 2.53. The van der Waals surface area contributed by atoms with E-state index >= 15 is 0 Å². The number of nitrogen functional groups attached to an aromatic ring is 2. The normalized spacial score (nSPS) is 38.0. The van der Waals surface area contributed by atoms with E-state index in [9.17, 15) is 28.8 Å². The number of nitrogens with two attached hydrogens (primary N) is 3. The first-order valence-electron chi connectivity index (χ1n) is 13.1. The second-order valence-electron chi connectivity index (χ2n) is 10.3. The molecule has 0 saturated carbocycles.